The molecule has 1 aliphatic rings. The van der Waals surface area contributed by atoms with Gasteiger partial charge in [0.1, 0.15) is 0 Å². The molecule has 6 heteroatoms. The molecule has 6 nitrogen and oxygen atoms in total. The summed E-state index contributed by atoms with van der Waals surface area (Å²) in [5.74, 6) is -0.858. The molecule has 0 radical (unpaired) electrons. The summed E-state index contributed by atoms with van der Waals surface area (Å²) < 4.78 is 0. The van der Waals surface area contributed by atoms with Crippen molar-refractivity contribution in [3.05, 3.63) is 35.9 Å². The van der Waals surface area contributed by atoms with Crippen LogP contribution in [-0.2, 0) is 4.79 Å². The van der Waals surface area contributed by atoms with Crippen LogP contribution in [-0.4, -0.2) is 35.7 Å². The average molecular weight is 390 g/mol. The van der Waals surface area contributed by atoms with Gasteiger partial charge in [0.15, 0.2) is 0 Å². The molecule has 1 fully saturated rings. The maximum atomic E-state index is 12.4. The van der Waals surface area contributed by atoms with Crippen molar-refractivity contribution in [1.82, 2.24) is 16.0 Å². The van der Waals surface area contributed by atoms with E-state index < -0.39 is 11.4 Å². The number of hydrogen-bond donors (Lipinski definition) is 4. The van der Waals surface area contributed by atoms with Gasteiger partial charge in [-0.2, -0.15) is 0 Å². The maximum Gasteiger partial charge on any atom is 0.314 e. The SMILES string of the molecule is CCC(CC)(CNC(=O)NCC1(NC(C)c2ccccc2)CCCC1)C(=O)O. The van der Waals surface area contributed by atoms with Crippen LogP contribution in [0.2, 0.25) is 0 Å². The Morgan fingerprint density at radius 2 is 1.71 bits per heavy atom. The fourth-order valence-electron chi connectivity index (χ4n) is 4.15. The van der Waals surface area contributed by atoms with Gasteiger partial charge in [-0.3, -0.25) is 4.79 Å². The van der Waals surface area contributed by atoms with Gasteiger partial charge in [-0.15, -0.1) is 0 Å². The first-order valence-electron chi connectivity index (χ1n) is 10.4. The van der Waals surface area contributed by atoms with E-state index in [0.29, 0.717) is 19.4 Å². The predicted molar refractivity (Wildman–Crippen MR) is 111 cm³/mol. The van der Waals surface area contributed by atoms with Gasteiger partial charge in [0.25, 0.3) is 0 Å². The molecule has 0 heterocycles. The summed E-state index contributed by atoms with van der Waals surface area (Å²) >= 11 is 0. The fourth-order valence-corrected chi connectivity index (χ4v) is 4.15. The molecule has 0 saturated heterocycles. The largest absolute Gasteiger partial charge is 0.481 e. The molecule has 1 aliphatic carbocycles. The first-order chi connectivity index (χ1) is 13.4. The van der Waals surface area contributed by atoms with E-state index in [1.165, 1.54) is 5.56 Å². The van der Waals surface area contributed by atoms with Crippen LogP contribution in [0.3, 0.4) is 0 Å². The van der Waals surface area contributed by atoms with Gasteiger partial charge in [-0.05, 0) is 38.2 Å². The summed E-state index contributed by atoms with van der Waals surface area (Å²) in [6.07, 6.45) is 5.30. The lowest BCUT2D eigenvalue weighted by molar-refractivity contribution is -0.149. The summed E-state index contributed by atoms with van der Waals surface area (Å²) in [4.78, 5) is 23.9. The predicted octanol–water partition coefficient (Wildman–Crippen LogP) is 3.84. The van der Waals surface area contributed by atoms with E-state index in [2.05, 4.69) is 35.0 Å². The van der Waals surface area contributed by atoms with Gasteiger partial charge in [-0.25, -0.2) is 4.79 Å². The minimum absolute atomic E-state index is 0.119. The van der Waals surface area contributed by atoms with Crippen molar-refractivity contribution < 1.29 is 14.7 Å². The van der Waals surface area contributed by atoms with Crippen LogP contribution in [0.25, 0.3) is 0 Å². The lowest BCUT2D eigenvalue weighted by Crippen LogP contribution is -2.54. The smallest absolute Gasteiger partial charge is 0.314 e. The van der Waals surface area contributed by atoms with Gasteiger partial charge < -0.3 is 21.1 Å². The standard InChI is InChI=1S/C22H35N3O3/c1-4-21(5-2,19(26)27)15-23-20(28)24-16-22(13-9-10-14-22)25-17(3)18-11-7-6-8-12-18/h6-8,11-12,17,25H,4-5,9-10,13-16H2,1-3H3,(H,26,27)(H2,23,24,28). The van der Waals surface area contributed by atoms with E-state index >= 15 is 0 Å². The number of hydrogen-bond acceptors (Lipinski definition) is 3. The van der Waals surface area contributed by atoms with Crippen molar-refractivity contribution in [2.24, 2.45) is 5.41 Å². The summed E-state index contributed by atoms with van der Waals surface area (Å²) in [5, 5.41) is 19.0. The number of carbonyl (C=O) groups excluding carboxylic acids is 1. The number of aliphatic carboxylic acids is 1. The van der Waals surface area contributed by atoms with Crippen LogP contribution in [0, 0.1) is 5.41 Å². The van der Waals surface area contributed by atoms with E-state index in [4.69, 9.17) is 0 Å². The van der Waals surface area contributed by atoms with Crippen molar-refractivity contribution in [1.29, 1.82) is 0 Å². The lowest BCUT2D eigenvalue weighted by atomic mass is 9.82. The van der Waals surface area contributed by atoms with E-state index in [-0.39, 0.29) is 24.2 Å². The molecule has 1 aromatic carbocycles. The Balaban J connectivity index is 1.92. The molecule has 0 aromatic heterocycles. The number of carboxylic acid groups (broad SMARTS) is 1. The second-order valence-corrected chi connectivity index (χ2v) is 8.09. The number of amides is 2. The molecule has 28 heavy (non-hydrogen) atoms. The van der Waals surface area contributed by atoms with Gasteiger partial charge in [0, 0.05) is 24.7 Å². The van der Waals surface area contributed by atoms with Crippen LogP contribution in [0.15, 0.2) is 30.3 Å². The molecule has 1 saturated carbocycles. The molecule has 1 atom stereocenters. The molecule has 0 bridgehead atoms. The minimum Gasteiger partial charge on any atom is -0.481 e. The van der Waals surface area contributed by atoms with Crippen molar-refractivity contribution in [3.63, 3.8) is 0 Å². The van der Waals surface area contributed by atoms with Crippen LogP contribution in [0.4, 0.5) is 4.79 Å². The molecule has 156 valence electrons. The lowest BCUT2D eigenvalue weighted by Gasteiger charge is -2.34. The first kappa shape index (κ1) is 22.2. The Morgan fingerprint density at radius 3 is 2.25 bits per heavy atom. The summed E-state index contributed by atoms with van der Waals surface area (Å²) in [6, 6.07) is 10.2. The van der Waals surface area contributed by atoms with Crippen molar-refractivity contribution in [3.8, 4) is 0 Å². The first-order valence-corrected chi connectivity index (χ1v) is 10.4. The third-order valence-corrected chi connectivity index (χ3v) is 6.36. The van der Waals surface area contributed by atoms with E-state index in [1.54, 1.807) is 0 Å². The van der Waals surface area contributed by atoms with Crippen molar-refractivity contribution in [2.75, 3.05) is 13.1 Å². The normalized spacial score (nSPS) is 17.1. The number of carbonyl (C=O) groups is 2. The van der Waals surface area contributed by atoms with Gasteiger partial charge >= 0.3 is 12.0 Å². The molecule has 1 unspecified atom stereocenters. The topological polar surface area (TPSA) is 90.5 Å². The molecule has 0 spiro atoms. The Hall–Kier alpha value is -2.08. The molecular weight excluding hydrogens is 354 g/mol. The van der Waals surface area contributed by atoms with E-state index in [0.717, 1.165) is 25.7 Å². The highest BCUT2D eigenvalue weighted by atomic mass is 16.4. The zero-order chi connectivity index (χ0) is 20.6. The second-order valence-electron chi connectivity index (χ2n) is 8.09. The van der Waals surface area contributed by atoms with Crippen molar-refractivity contribution in [2.45, 2.75) is 70.9 Å². The van der Waals surface area contributed by atoms with Crippen LogP contribution in [0.1, 0.15) is 70.9 Å². The van der Waals surface area contributed by atoms with Crippen LogP contribution < -0.4 is 16.0 Å². The highest BCUT2D eigenvalue weighted by Gasteiger charge is 2.37. The summed E-state index contributed by atoms with van der Waals surface area (Å²) in [5.41, 5.74) is 0.212. The molecule has 0 aliphatic heterocycles. The second kappa shape index (κ2) is 9.92. The zero-order valence-corrected chi connectivity index (χ0v) is 17.4. The minimum atomic E-state index is -0.900. The average Bonchev–Trinajstić information content (AvgIpc) is 3.16. The molecular formula is C22H35N3O3. The van der Waals surface area contributed by atoms with Gasteiger partial charge in [0.2, 0.25) is 0 Å². The van der Waals surface area contributed by atoms with Crippen molar-refractivity contribution >= 4 is 12.0 Å². The number of carboxylic acids is 1. The monoisotopic (exact) mass is 389 g/mol. The highest BCUT2D eigenvalue weighted by Crippen LogP contribution is 2.32. The zero-order valence-electron chi connectivity index (χ0n) is 17.4. The Labute approximate surface area is 168 Å². The number of benzene rings is 1. The Kier molecular flexibility index (Phi) is 7.87. The fraction of sp³-hybridized carbons (Fsp3) is 0.636. The van der Waals surface area contributed by atoms with Gasteiger partial charge in [-0.1, -0.05) is 57.0 Å². The molecule has 2 rings (SSSR count). The Morgan fingerprint density at radius 1 is 1.11 bits per heavy atom. The summed E-state index contributed by atoms with van der Waals surface area (Å²) in [7, 11) is 0. The highest BCUT2D eigenvalue weighted by molar-refractivity contribution is 5.78. The quantitative estimate of drug-likeness (QED) is 0.489. The third-order valence-electron chi connectivity index (χ3n) is 6.36. The maximum absolute atomic E-state index is 12.4. The van der Waals surface area contributed by atoms with Gasteiger partial charge in [0.05, 0.1) is 5.41 Å². The Bertz CT molecular complexity index is 638. The number of nitrogens with one attached hydrogen (secondary N) is 3. The van der Waals surface area contributed by atoms with E-state index in [9.17, 15) is 14.7 Å². The third kappa shape index (κ3) is 5.47. The summed E-state index contributed by atoms with van der Waals surface area (Å²) in [6.45, 7) is 6.52. The number of rotatable bonds is 10. The number of urea groups is 1. The van der Waals surface area contributed by atoms with Crippen LogP contribution >= 0.6 is 0 Å². The van der Waals surface area contributed by atoms with Crippen LogP contribution in [0.5, 0.6) is 0 Å². The molecule has 1 aromatic rings. The van der Waals surface area contributed by atoms with E-state index in [1.807, 2.05) is 32.0 Å². The molecule has 4 N–H and O–H groups in total. The molecule has 2 amide bonds.